The van der Waals surface area contributed by atoms with Gasteiger partial charge in [0.15, 0.2) is 22.7 Å². The standard InChI is InChI=1S/C17H13F2NO3.C17H16N2O3/c18-17(19)23-13-6-5-10(9-7-14(21)20-8-9)15-11-3-1-2-4-12(11)22-16(13)15;1-21-14-7-6-11(10-8-15(20)19-18-9-10)16-12-4-2-3-5-13(12)22-17(14)16/h1-6,9,17H,7-8H2,(H,20,21);2-7,10,18H,8-9H2,1H3,(H,19,20). The molecule has 2 aliphatic heterocycles. The maximum absolute atomic E-state index is 12.6. The van der Waals surface area contributed by atoms with Crippen LogP contribution in [0.5, 0.6) is 11.5 Å². The van der Waals surface area contributed by atoms with Crippen molar-refractivity contribution in [2.24, 2.45) is 0 Å². The van der Waals surface area contributed by atoms with Gasteiger partial charge in [0.2, 0.25) is 11.8 Å². The first-order valence-electron chi connectivity index (χ1n) is 14.6. The van der Waals surface area contributed by atoms with E-state index in [1.165, 1.54) is 6.07 Å². The Labute approximate surface area is 255 Å². The minimum atomic E-state index is -2.92. The minimum Gasteiger partial charge on any atom is -0.493 e. The molecule has 0 spiro atoms. The number of alkyl halides is 2. The Kier molecular flexibility index (Phi) is 7.46. The van der Waals surface area contributed by atoms with Crippen molar-refractivity contribution in [3.05, 3.63) is 83.9 Å². The van der Waals surface area contributed by atoms with Crippen molar-refractivity contribution in [1.29, 1.82) is 0 Å². The van der Waals surface area contributed by atoms with Crippen molar-refractivity contribution >= 4 is 55.7 Å². The Balaban J connectivity index is 0.000000145. The number of nitrogens with one attached hydrogen (secondary N) is 3. The molecule has 2 aliphatic rings. The van der Waals surface area contributed by atoms with Gasteiger partial charge in [0.25, 0.3) is 0 Å². The Bertz CT molecular complexity index is 2070. The molecule has 45 heavy (non-hydrogen) atoms. The first-order chi connectivity index (χ1) is 21.9. The van der Waals surface area contributed by atoms with Gasteiger partial charge in [-0.1, -0.05) is 48.5 Å². The van der Waals surface area contributed by atoms with Gasteiger partial charge in [-0.25, -0.2) is 5.43 Å². The molecule has 2 aromatic heterocycles. The lowest BCUT2D eigenvalue weighted by Gasteiger charge is -2.24. The molecule has 2 unspecified atom stereocenters. The molecule has 3 N–H and O–H groups in total. The number of rotatable bonds is 5. The number of hydrazine groups is 1. The molecule has 230 valence electrons. The molecule has 0 aliphatic carbocycles. The van der Waals surface area contributed by atoms with E-state index >= 15 is 0 Å². The van der Waals surface area contributed by atoms with Crippen LogP contribution in [0.3, 0.4) is 0 Å². The minimum absolute atomic E-state index is 0.00670. The summed E-state index contributed by atoms with van der Waals surface area (Å²) in [5, 5.41) is 6.46. The summed E-state index contributed by atoms with van der Waals surface area (Å²) in [7, 11) is 1.64. The molecule has 0 bridgehead atoms. The van der Waals surface area contributed by atoms with E-state index in [1.54, 1.807) is 19.2 Å². The predicted octanol–water partition coefficient (Wildman–Crippen LogP) is 6.49. The number of methoxy groups -OCH3 is 1. The third kappa shape index (κ3) is 5.29. The molecule has 2 saturated heterocycles. The number of carbonyl (C=O) groups is 2. The second kappa shape index (κ2) is 11.7. The van der Waals surface area contributed by atoms with E-state index in [0.29, 0.717) is 42.8 Å². The van der Waals surface area contributed by atoms with Gasteiger partial charge in [-0.3, -0.25) is 15.0 Å². The van der Waals surface area contributed by atoms with Crippen LogP contribution in [-0.2, 0) is 9.59 Å². The third-order valence-electron chi connectivity index (χ3n) is 8.35. The summed E-state index contributed by atoms with van der Waals surface area (Å²) >= 11 is 0. The van der Waals surface area contributed by atoms with E-state index in [1.807, 2.05) is 54.6 Å². The van der Waals surface area contributed by atoms with E-state index in [9.17, 15) is 18.4 Å². The SMILES string of the molecule is COc1ccc(C2CNNC(=O)C2)c2c1oc1ccccc12.O=C1CC(c2ccc(OC(F)F)c3oc4ccccc4c23)CN1. The van der Waals surface area contributed by atoms with Crippen LogP contribution >= 0.6 is 0 Å². The smallest absolute Gasteiger partial charge is 0.387 e. The second-order valence-electron chi connectivity index (χ2n) is 11.0. The monoisotopic (exact) mass is 613 g/mol. The highest BCUT2D eigenvalue weighted by Gasteiger charge is 2.28. The average molecular weight is 614 g/mol. The van der Waals surface area contributed by atoms with Crippen molar-refractivity contribution < 1.29 is 36.7 Å². The first-order valence-corrected chi connectivity index (χ1v) is 14.6. The number of halogens is 2. The molecule has 2 atom stereocenters. The van der Waals surface area contributed by atoms with Crippen LogP contribution in [0.15, 0.2) is 81.6 Å². The normalized spacial score (nSPS) is 18.3. The zero-order chi connectivity index (χ0) is 31.1. The number of fused-ring (bicyclic) bond motifs is 6. The van der Waals surface area contributed by atoms with E-state index < -0.39 is 6.61 Å². The molecule has 6 aromatic rings. The molecule has 4 heterocycles. The maximum atomic E-state index is 12.6. The summed E-state index contributed by atoms with van der Waals surface area (Å²) in [5.41, 5.74) is 10.1. The summed E-state index contributed by atoms with van der Waals surface area (Å²) in [5.74, 6) is 0.821. The zero-order valence-corrected chi connectivity index (χ0v) is 24.2. The van der Waals surface area contributed by atoms with Gasteiger partial charge in [0.1, 0.15) is 11.2 Å². The van der Waals surface area contributed by atoms with Crippen molar-refractivity contribution in [3.63, 3.8) is 0 Å². The maximum Gasteiger partial charge on any atom is 0.387 e. The molecule has 9 nitrogen and oxygen atoms in total. The van der Waals surface area contributed by atoms with E-state index in [-0.39, 0.29) is 29.4 Å². The highest BCUT2D eigenvalue weighted by Crippen LogP contribution is 2.42. The summed E-state index contributed by atoms with van der Waals surface area (Å²) in [6.07, 6.45) is 0.845. The topological polar surface area (TPSA) is 115 Å². The fourth-order valence-electron chi connectivity index (χ4n) is 6.35. The fraction of sp³-hybridized carbons (Fsp3) is 0.235. The van der Waals surface area contributed by atoms with Gasteiger partial charge in [-0.05, 0) is 35.4 Å². The summed E-state index contributed by atoms with van der Waals surface area (Å²) in [6.45, 7) is -1.69. The lowest BCUT2D eigenvalue weighted by atomic mass is 9.90. The molecular formula is C34H29F2N3O6. The van der Waals surface area contributed by atoms with Crippen LogP contribution in [0, 0.1) is 0 Å². The van der Waals surface area contributed by atoms with E-state index in [2.05, 4.69) is 20.9 Å². The second-order valence-corrected chi connectivity index (χ2v) is 11.0. The van der Waals surface area contributed by atoms with Crippen LogP contribution in [0.4, 0.5) is 8.78 Å². The molecule has 11 heteroatoms. The largest absolute Gasteiger partial charge is 0.493 e. The highest BCUT2D eigenvalue weighted by molar-refractivity contribution is 6.10. The number of carbonyl (C=O) groups excluding carboxylic acids is 2. The van der Waals surface area contributed by atoms with Gasteiger partial charge in [0.05, 0.1) is 7.11 Å². The molecule has 2 amide bonds. The van der Waals surface area contributed by atoms with Crippen LogP contribution in [-0.4, -0.2) is 38.6 Å². The number of para-hydroxylation sites is 2. The van der Waals surface area contributed by atoms with Gasteiger partial charge in [-0.15, -0.1) is 0 Å². The third-order valence-corrected chi connectivity index (χ3v) is 8.35. The number of ether oxygens (including phenoxy) is 2. The summed E-state index contributed by atoms with van der Waals surface area (Å²) in [6, 6.07) is 22.4. The predicted molar refractivity (Wildman–Crippen MR) is 164 cm³/mol. The Hall–Kier alpha value is -5.16. The van der Waals surface area contributed by atoms with E-state index in [4.69, 9.17) is 13.6 Å². The van der Waals surface area contributed by atoms with Crippen LogP contribution in [0.25, 0.3) is 43.9 Å². The van der Waals surface area contributed by atoms with Crippen LogP contribution in [0.1, 0.15) is 35.8 Å². The molecule has 4 aromatic carbocycles. The Morgan fingerprint density at radius 3 is 1.84 bits per heavy atom. The van der Waals surface area contributed by atoms with Gasteiger partial charge >= 0.3 is 6.61 Å². The summed E-state index contributed by atoms with van der Waals surface area (Å²) < 4.78 is 47.0. The number of hydrogen-bond donors (Lipinski definition) is 3. The van der Waals surface area contributed by atoms with Crippen molar-refractivity contribution in [2.45, 2.75) is 31.3 Å². The number of hydrogen-bond acceptors (Lipinski definition) is 7. The molecule has 2 fully saturated rings. The summed E-state index contributed by atoms with van der Waals surface area (Å²) in [4.78, 5) is 23.2. The van der Waals surface area contributed by atoms with Crippen molar-refractivity contribution in [3.8, 4) is 11.5 Å². The lowest BCUT2D eigenvalue weighted by molar-refractivity contribution is -0.124. The zero-order valence-electron chi connectivity index (χ0n) is 24.2. The van der Waals surface area contributed by atoms with Crippen molar-refractivity contribution in [2.75, 3.05) is 20.2 Å². The van der Waals surface area contributed by atoms with Crippen molar-refractivity contribution in [1.82, 2.24) is 16.2 Å². The van der Waals surface area contributed by atoms with Gasteiger partial charge in [0, 0.05) is 59.3 Å². The Morgan fingerprint density at radius 1 is 0.733 bits per heavy atom. The number of benzene rings is 4. The molecular weight excluding hydrogens is 584 g/mol. The number of furan rings is 2. The molecule has 8 rings (SSSR count). The van der Waals surface area contributed by atoms with E-state index in [0.717, 1.165) is 43.8 Å². The lowest BCUT2D eigenvalue weighted by Crippen LogP contribution is -2.45. The highest BCUT2D eigenvalue weighted by atomic mass is 19.3. The number of amides is 2. The first kappa shape index (κ1) is 28.6. The van der Waals surface area contributed by atoms with Gasteiger partial charge < -0.3 is 23.6 Å². The fourth-order valence-corrected chi connectivity index (χ4v) is 6.35. The van der Waals surface area contributed by atoms with Crippen LogP contribution in [0.2, 0.25) is 0 Å². The van der Waals surface area contributed by atoms with Crippen LogP contribution < -0.4 is 25.6 Å². The Morgan fingerprint density at radius 2 is 1.29 bits per heavy atom. The molecule has 0 saturated carbocycles. The molecule has 0 radical (unpaired) electrons. The quantitative estimate of drug-likeness (QED) is 0.204. The van der Waals surface area contributed by atoms with Gasteiger partial charge in [-0.2, -0.15) is 8.78 Å². The average Bonchev–Trinajstić information content (AvgIpc) is 3.76.